The fraction of sp³-hybridized carbons (Fsp3) is 0.471. The van der Waals surface area contributed by atoms with Crippen molar-refractivity contribution in [2.45, 2.75) is 46.6 Å². The van der Waals surface area contributed by atoms with Gasteiger partial charge in [0, 0.05) is 24.1 Å². The van der Waals surface area contributed by atoms with E-state index in [1.165, 1.54) is 11.1 Å². The Morgan fingerprint density at radius 2 is 1.90 bits per heavy atom. The maximum absolute atomic E-state index is 5.83. The van der Waals surface area contributed by atoms with Crippen molar-refractivity contribution in [1.29, 1.82) is 0 Å². The van der Waals surface area contributed by atoms with Crippen LogP contribution in [0.15, 0.2) is 28.8 Å². The van der Waals surface area contributed by atoms with E-state index in [1.807, 2.05) is 6.20 Å². The van der Waals surface area contributed by atoms with Gasteiger partial charge in [-0.15, -0.1) is 0 Å². The number of hydrogen-bond acceptors (Lipinski definition) is 3. The smallest absolute Gasteiger partial charge is 0.196 e. The molecule has 2 aromatic rings. The molecule has 0 fully saturated rings. The number of nitrogens with one attached hydrogen (secondary N) is 1. The first-order chi connectivity index (χ1) is 9.35. The maximum atomic E-state index is 5.83. The molecule has 0 amide bonds. The quantitative estimate of drug-likeness (QED) is 0.917. The lowest BCUT2D eigenvalue weighted by Crippen LogP contribution is -2.37. The van der Waals surface area contributed by atoms with Gasteiger partial charge in [-0.25, -0.2) is 4.98 Å². The standard InChI is InChI=1S/C17H24N2O/c1-12-6-7-14(10-13(12)2)15-11-18-16(20-15)8-9-19-17(3,4)5/h6-7,10-11,19H,8-9H2,1-5H3. The van der Waals surface area contributed by atoms with Gasteiger partial charge in [0.05, 0.1) is 6.20 Å². The van der Waals surface area contributed by atoms with Gasteiger partial charge in [-0.1, -0.05) is 12.1 Å². The number of benzene rings is 1. The van der Waals surface area contributed by atoms with Crippen molar-refractivity contribution in [2.24, 2.45) is 0 Å². The molecule has 1 N–H and O–H groups in total. The van der Waals surface area contributed by atoms with Crippen LogP contribution >= 0.6 is 0 Å². The minimum atomic E-state index is 0.128. The molecule has 0 aliphatic carbocycles. The van der Waals surface area contributed by atoms with Crippen LogP contribution in [0, 0.1) is 13.8 Å². The lowest BCUT2D eigenvalue weighted by molar-refractivity contribution is 0.412. The second-order valence-electron chi connectivity index (χ2n) is 6.34. The highest BCUT2D eigenvalue weighted by atomic mass is 16.4. The second kappa shape index (κ2) is 5.80. The zero-order valence-electron chi connectivity index (χ0n) is 13.1. The summed E-state index contributed by atoms with van der Waals surface area (Å²) >= 11 is 0. The van der Waals surface area contributed by atoms with E-state index < -0.39 is 0 Å². The second-order valence-corrected chi connectivity index (χ2v) is 6.34. The van der Waals surface area contributed by atoms with Crippen LogP contribution in [0.4, 0.5) is 0 Å². The zero-order chi connectivity index (χ0) is 14.8. The van der Waals surface area contributed by atoms with E-state index in [0.29, 0.717) is 0 Å². The highest BCUT2D eigenvalue weighted by Crippen LogP contribution is 2.23. The van der Waals surface area contributed by atoms with Crippen molar-refractivity contribution in [1.82, 2.24) is 10.3 Å². The Labute approximate surface area is 121 Å². The van der Waals surface area contributed by atoms with Crippen molar-refractivity contribution in [2.75, 3.05) is 6.54 Å². The molecule has 0 unspecified atom stereocenters. The van der Waals surface area contributed by atoms with Crippen LogP contribution in [0.2, 0.25) is 0 Å². The number of oxazole rings is 1. The highest BCUT2D eigenvalue weighted by molar-refractivity contribution is 5.58. The SMILES string of the molecule is Cc1ccc(-c2cnc(CCNC(C)(C)C)o2)cc1C. The third-order valence-corrected chi connectivity index (χ3v) is 3.34. The summed E-state index contributed by atoms with van der Waals surface area (Å²) in [6.45, 7) is 11.6. The summed E-state index contributed by atoms with van der Waals surface area (Å²) in [7, 11) is 0. The van der Waals surface area contributed by atoms with Crippen LogP contribution in [0.5, 0.6) is 0 Å². The molecule has 0 aliphatic heterocycles. The first-order valence-electron chi connectivity index (χ1n) is 7.12. The molecule has 0 aliphatic rings. The van der Waals surface area contributed by atoms with E-state index in [1.54, 1.807) is 0 Å². The molecule has 1 aromatic carbocycles. The molecule has 0 saturated heterocycles. The van der Waals surface area contributed by atoms with Gasteiger partial charge in [-0.05, 0) is 51.8 Å². The van der Waals surface area contributed by atoms with Crippen LogP contribution < -0.4 is 5.32 Å². The van der Waals surface area contributed by atoms with Gasteiger partial charge in [0.1, 0.15) is 0 Å². The lowest BCUT2D eigenvalue weighted by Gasteiger charge is -2.19. The molecule has 0 bridgehead atoms. The van der Waals surface area contributed by atoms with Crippen LogP contribution in [0.3, 0.4) is 0 Å². The van der Waals surface area contributed by atoms with Gasteiger partial charge in [0.15, 0.2) is 11.7 Å². The Morgan fingerprint density at radius 3 is 2.55 bits per heavy atom. The summed E-state index contributed by atoms with van der Waals surface area (Å²) in [5.74, 6) is 1.63. The Morgan fingerprint density at radius 1 is 1.15 bits per heavy atom. The Balaban J connectivity index is 2.03. The van der Waals surface area contributed by atoms with Gasteiger partial charge in [-0.3, -0.25) is 0 Å². The molecule has 1 aromatic heterocycles. The Bertz CT molecular complexity index is 579. The molecule has 0 radical (unpaired) electrons. The van der Waals surface area contributed by atoms with Gasteiger partial charge in [-0.2, -0.15) is 0 Å². The molecule has 3 nitrogen and oxygen atoms in total. The van der Waals surface area contributed by atoms with E-state index in [9.17, 15) is 0 Å². The third-order valence-electron chi connectivity index (χ3n) is 3.34. The zero-order valence-corrected chi connectivity index (χ0v) is 13.1. The topological polar surface area (TPSA) is 38.1 Å². The molecule has 1 heterocycles. The summed E-state index contributed by atoms with van der Waals surface area (Å²) in [5.41, 5.74) is 3.79. The van der Waals surface area contributed by atoms with E-state index >= 15 is 0 Å². The highest BCUT2D eigenvalue weighted by Gasteiger charge is 2.10. The summed E-state index contributed by atoms with van der Waals surface area (Å²) in [6, 6.07) is 6.35. The Kier molecular flexibility index (Phi) is 4.29. The van der Waals surface area contributed by atoms with Crippen molar-refractivity contribution in [3.8, 4) is 11.3 Å². The molecule has 20 heavy (non-hydrogen) atoms. The first-order valence-corrected chi connectivity index (χ1v) is 7.12. The molecule has 0 saturated carbocycles. The molecular formula is C17H24N2O. The van der Waals surface area contributed by atoms with Crippen LogP contribution in [-0.4, -0.2) is 17.1 Å². The van der Waals surface area contributed by atoms with Crippen LogP contribution in [-0.2, 0) is 6.42 Å². The number of hydrogen-bond donors (Lipinski definition) is 1. The van der Waals surface area contributed by atoms with Crippen molar-refractivity contribution < 1.29 is 4.42 Å². The van der Waals surface area contributed by atoms with E-state index in [2.05, 4.69) is 63.1 Å². The molecule has 2 rings (SSSR count). The van der Waals surface area contributed by atoms with Gasteiger partial charge in [0.2, 0.25) is 0 Å². The molecular weight excluding hydrogens is 248 g/mol. The molecule has 0 atom stereocenters. The number of rotatable bonds is 4. The summed E-state index contributed by atoms with van der Waals surface area (Å²) < 4.78 is 5.83. The normalized spacial score (nSPS) is 11.8. The maximum Gasteiger partial charge on any atom is 0.196 e. The summed E-state index contributed by atoms with van der Waals surface area (Å²) in [5, 5.41) is 3.44. The van der Waals surface area contributed by atoms with Crippen molar-refractivity contribution in [3.63, 3.8) is 0 Å². The summed E-state index contributed by atoms with van der Waals surface area (Å²) in [6.07, 6.45) is 2.62. The number of aryl methyl sites for hydroxylation is 2. The molecule has 108 valence electrons. The predicted octanol–water partition coefficient (Wildman–Crippen LogP) is 3.89. The fourth-order valence-corrected chi connectivity index (χ4v) is 2.00. The average molecular weight is 272 g/mol. The third kappa shape index (κ3) is 3.94. The van der Waals surface area contributed by atoms with E-state index in [-0.39, 0.29) is 5.54 Å². The van der Waals surface area contributed by atoms with Gasteiger partial charge >= 0.3 is 0 Å². The minimum absolute atomic E-state index is 0.128. The first kappa shape index (κ1) is 14.8. The van der Waals surface area contributed by atoms with Gasteiger partial charge in [0.25, 0.3) is 0 Å². The van der Waals surface area contributed by atoms with E-state index in [4.69, 9.17) is 4.42 Å². The predicted molar refractivity (Wildman–Crippen MR) is 82.9 cm³/mol. The van der Waals surface area contributed by atoms with Crippen molar-refractivity contribution in [3.05, 3.63) is 41.4 Å². The van der Waals surface area contributed by atoms with E-state index in [0.717, 1.165) is 30.2 Å². The minimum Gasteiger partial charge on any atom is -0.441 e. The molecule has 0 spiro atoms. The lowest BCUT2D eigenvalue weighted by atomic mass is 10.1. The Hall–Kier alpha value is -1.61. The van der Waals surface area contributed by atoms with Crippen LogP contribution in [0.1, 0.15) is 37.8 Å². The molecule has 3 heteroatoms. The fourth-order valence-electron chi connectivity index (χ4n) is 2.00. The van der Waals surface area contributed by atoms with Crippen LogP contribution in [0.25, 0.3) is 11.3 Å². The van der Waals surface area contributed by atoms with Gasteiger partial charge < -0.3 is 9.73 Å². The average Bonchev–Trinajstić information content (AvgIpc) is 2.80. The number of aromatic nitrogens is 1. The summed E-state index contributed by atoms with van der Waals surface area (Å²) in [4.78, 5) is 4.36. The largest absolute Gasteiger partial charge is 0.441 e. The number of nitrogens with zero attached hydrogens (tertiary/aromatic N) is 1. The monoisotopic (exact) mass is 272 g/mol. The van der Waals surface area contributed by atoms with Crippen molar-refractivity contribution >= 4 is 0 Å².